The zero-order valence-corrected chi connectivity index (χ0v) is 10.1. The summed E-state index contributed by atoms with van der Waals surface area (Å²) in [5, 5.41) is 0. The van der Waals surface area contributed by atoms with Crippen molar-refractivity contribution >= 4 is 5.91 Å². The van der Waals surface area contributed by atoms with Crippen LogP contribution in [0.1, 0.15) is 26.3 Å². The summed E-state index contributed by atoms with van der Waals surface area (Å²) >= 11 is 0. The molecule has 0 saturated heterocycles. The zero-order valence-electron chi connectivity index (χ0n) is 10.1. The molecule has 2 N–H and O–H groups in total. The summed E-state index contributed by atoms with van der Waals surface area (Å²) in [5.41, 5.74) is 6.52. The van der Waals surface area contributed by atoms with Crippen LogP contribution in [0.4, 0.5) is 0 Å². The van der Waals surface area contributed by atoms with Crippen LogP contribution in [0.25, 0.3) is 0 Å². The van der Waals surface area contributed by atoms with Gasteiger partial charge in [0, 0.05) is 0 Å². The average Bonchev–Trinajstić information content (AvgIpc) is 2.25. The molecule has 0 aromatic heterocycles. The van der Waals surface area contributed by atoms with Crippen molar-refractivity contribution in [1.29, 1.82) is 0 Å². The van der Waals surface area contributed by atoms with E-state index in [1.807, 2.05) is 38.1 Å². The second-order valence-electron chi connectivity index (χ2n) is 4.18. The Morgan fingerprint density at radius 2 is 1.88 bits per heavy atom. The van der Waals surface area contributed by atoms with Gasteiger partial charge >= 0.3 is 0 Å². The molecule has 3 nitrogen and oxygen atoms in total. The van der Waals surface area contributed by atoms with Gasteiger partial charge in [-0.3, -0.25) is 4.79 Å². The van der Waals surface area contributed by atoms with Gasteiger partial charge in [-0.25, -0.2) is 0 Å². The highest BCUT2D eigenvalue weighted by molar-refractivity contribution is 5.79. The van der Waals surface area contributed by atoms with Crippen LogP contribution in [-0.2, 0) is 11.2 Å². The van der Waals surface area contributed by atoms with Crippen molar-refractivity contribution in [2.45, 2.75) is 33.3 Å². The van der Waals surface area contributed by atoms with E-state index in [1.165, 1.54) is 5.56 Å². The molecule has 1 atom stereocenters. The van der Waals surface area contributed by atoms with Crippen molar-refractivity contribution in [2.24, 2.45) is 11.7 Å². The number of nitrogens with two attached hydrogens (primary N) is 1. The van der Waals surface area contributed by atoms with Gasteiger partial charge in [0.05, 0.1) is 0 Å². The predicted octanol–water partition coefficient (Wildman–Crippen LogP) is 2.14. The minimum Gasteiger partial charge on any atom is -0.480 e. The molecule has 1 rings (SSSR count). The normalized spacial score (nSPS) is 12.5. The maximum atomic E-state index is 11.2. The molecule has 3 heteroatoms. The molecule has 0 aliphatic heterocycles. The SMILES string of the molecule is CCc1ccc(OC(C(N)=O)C(C)C)cc1. The number of benzene rings is 1. The molecule has 1 amide bonds. The number of hydrogen-bond donors (Lipinski definition) is 1. The molecule has 0 bridgehead atoms. The Hall–Kier alpha value is -1.51. The Kier molecular flexibility index (Phi) is 4.35. The largest absolute Gasteiger partial charge is 0.480 e. The Morgan fingerprint density at radius 1 is 1.31 bits per heavy atom. The number of carbonyl (C=O) groups is 1. The van der Waals surface area contributed by atoms with E-state index in [2.05, 4.69) is 6.92 Å². The first-order valence-corrected chi connectivity index (χ1v) is 5.59. The van der Waals surface area contributed by atoms with Crippen LogP contribution in [0.15, 0.2) is 24.3 Å². The van der Waals surface area contributed by atoms with Crippen LogP contribution < -0.4 is 10.5 Å². The van der Waals surface area contributed by atoms with Crippen molar-refractivity contribution in [3.8, 4) is 5.75 Å². The van der Waals surface area contributed by atoms with E-state index in [0.717, 1.165) is 6.42 Å². The molecule has 1 aromatic rings. The second kappa shape index (κ2) is 5.54. The highest BCUT2D eigenvalue weighted by atomic mass is 16.5. The van der Waals surface area contributed by atoms with Gasteiger partial charge in [0.1, 0.15) is 5.75 Å². The van der Waals surface area contributed by atoms with Gasteiger partial charge < -0.3 is 10.5 Å². The third kappa shape index (κ3) is 3.26. The molecule has 0 fully saturated rings. The lowest BCUT2D eigenvalue weighted by molar-refractivity contribution is -0.126. The van der Waals surface area contributed by atoms with Crippen LogP contribution in [0.3, 0.4) is 0 Å². The van der Waals surface area contributed by atoms with Crippen molar-refractivity contribution in [2.75, 3.05) is 0 Å². The van der Waals surface area contributed by atoms with Crippen LogP contribution in [-0.4, -0.2) is 12.0 Å². The Bertz CT molecular complexity index is 343. The number of carbonyl (C=O) groups excluding carboxylic acids is 1. The number of primary amides is 1. The third-order valence-electron chi connectivity index (χ3n) is 2.48. The quantitative estimate of drug-likeness (QED) is 0.828. The van der Waals surface area contributed by atoms with E-state index < -0.39 is 12.0 Å². The fourth-order valence-corrected chi connectivity index (χ4v) is 1.47. The van der Waals surface area contributed by atoms with Gasteiger partial charge in [-0.2, -0.15) is 0 Å². The minimum atomic E-state index is -0.563. The van der Waals surface area contributed by atoms with Gasteiger partial charge in [-0.05, 0) is 30.0 Å². The third-order valence-corrected chi connectivity index (χ3v) is 2.48. The standard InChI is InChI=1S/C13H19NO2/c1-4-10-5-7-11(8-6-10)16-12(9(2)3)13(14)15/h5-9,12H,4H2,1-3H3,(H2,14,15). The van der Waals surface area contributed by atoms with E-state index in [1.54, 1.807) is 0 Å². The van der Waals surface area contributed by atoms with Crippen molar-refractivity contribution in [3.05, 3.63) is 29.8 Å². The molecule has 1 aromatic carbocycles. The average molecular weight is 221 g/mol. The van der Waals surface area contributed by atoms with Gasteiger partial charge in [0.25, 0.3) is 5.91 Å². The summed E-state index contributed by atoms with van der Waals surface area (Å²) < 4.78 is 5.56. The minimum absolute atomic E-state index is 0.0725. The lowest BCUT2D eigenvalue weighted by atomic mass is 10.1. The summed E-state index contributed by atoms with van der Waals surface area (Å²) in [6, 6.07) is 7.73. The molecule has 0 spiro atoms. The summed E-state index contributed by atoms with van der Waals surface area (Å²) in [7, 11) is 0. The summed E-state index contributed by atoms with van der Waals surface area (Å²) in [5.74, 6) is 0.340. The Labute approximate surface area is 96.6 Å². The summed E-state index contributed by atoms with van der Waals surface area (Å²) in [4.78, 5) is 11.2. The fourth-order valence-electron chi connectivity index (χ4n) is 1.47. The van der Waals surface area contributed by atoms with Crippen LogP contribution in [0, 0.1) is 5.92 Å². The Morgan fingerprint density at radius 3 is 2.25 bits per heavy atom. The highest BCUT2D eigenvalue weighted by Gasteiger charge is 2.21. The van der Waals surface area contributed by atoms with Gasteiger partial charge in [0.15, 0.2) is 6.10 Å². The van der Waals surface area contributed by atoms with E-state index in [-0.39, 0.29) is 5.92 Å². The topological polar surface area (TPSA) is 52.3 Å². The van der Waals surface area contributed by atoms with Crippen LogP contribution >= 0.6 is 0 Å². The number of amides is 1. The molecule has 0 aliphatic carbocycles. The summed E-state index contributed by atoms with van der Waals surface area (Å²) in [6.07, 6.45) is 0.427. The smallest absolute Gasteiger partial charge is 0.258 e. The number of ether oxygens (including phenoxy) is 1. The second-order valence-corrected chi connectivity index (χ2v) is 4.18. The van der Waals surface area contributed by atoms with E-state index in [0.29, 0.717) is 5.75 Å². The molecule has 0 saturated carbocycles. The monoisotopic (exact) mass is 221 g/mol. The molecule has 16 heavy (non-hydrogen) atoms. The van der Waals surface area contributed by atoms with Crippen molar-refractivity contribution < 1.29 is 9.53 Å². The first-order chi connectivity index (χ1) is 7.54. The molecule has 0 heterocycles. The fraction of sp³-hybridized carbons (Fsp3) is 0.462. The van der Waals surface area contributed by atoms with E-state index >= 15 is 0 Å². The maximum Gasteiger partial charge on any atom is 0.258 e. The maximum absolute atomic E-state index is 11.2. The highest BCUT2D eigenvalue weighted by Crippen LogP contribution is 2.17. The zero-order chi connectivity index (χ0) is 12.1. The van der Waals surface area contributed by atoms with Gasteiger partial charge in [-0.15, -0.1) is 0 Å². The summed E-state index contributed by atoms with van der Waals surface area (Å²) in [6.45, 7) is 5.92. The molecule has 88 valence electrons. The van der Waals surface area contributed by atoms with Gasteiger partial charge in [-0.1, -0.05) is 32.9 Å². The molecular formula is C13H19NO2. The van der Waals surface area contributed by atoms with Crippen molar-refractivity contribution in [3.63, 3.8) is 0 Å². The molecule has 0 radical (unpaired) electrons. The van der Waals surface area contributed by atoms with Crippen molar-refractivity contribution in [1.82, 2.24) is 0 Å². The Balaban J connectivity index is 2.74. The predicted molar refractivity (Wildman–Crippen MR) is 64.3 cm³/mol. The molecule has 1 unspecified atom stereocenters. The van der Waals surface area contributed by atoms with Gasteiger partial charge in [0.2, 0.25) is 0 Å². The number of rotatable bonds is 5. The lowest BCUT2D eigenvalue weighted by Crippen LogP contribution is -2.37. The lowest BCUT2D eigenvalue weighted by Gasteiger charge is -2.19. The first kappa shape index (κ1) is 12.6. The molecular weight excluding hydrogens is 202 g/mol. The first-order valence-electron chi connectivity index (χ1n) is 5.59. The van der Waals surface area contributed by atoms with Crippen LogP contribution in [0.5, 0.6) is 5.75 Å². The number of aryl methyl sites for hydroxylation is 1. The number of hydrogen-bond acceptors (Lipinski definition) is 2. The van der Waals surface area contributed by atoms with Crippen LogP contribution in [0.2, 0.25) is 0 Å². The van der Waals surface area contributed by atoms with E-state index in [9.17, 15) is 4.79 Å². The van der Waals surface area contributed by atoms with E-state index in [4.69, 9.17) is 10.5 Å². The molecule has 0 aliphatic rings.